The van der Waals surface area contributed by atoms with Crippen molar-refractivity contribution < 1.29 is 4.74 Å². The normalized spacial score (nSPS) is 9.50. The summed E-state index contributed by atoms with van der Waals surface area (Å²) in [6.07, 6.45) is 0. The number of hydrogen-bond donors (Lipinski definition) is 0. The molecule has 0 radical (unpaired) electrons. The van der Waals surface area contributed by atoms with Gasteiger partial charge in [-0.2, -0.15) is 0 Å². The Morgan fingerprint density at radius 1 is 1.50 bits per heavy atom. The van der Waals surface area contributed by atoms with Crippen molar-refractivity contribution in [1.82, 2.24) is 4.98 Å². The predicted molar refractivity (Wildman–Crippen MR) is 43.2 cm³/mol. The Labute approximate surface area is 68.4 Å². The minimum absolute atomic E-state index is 0.637. The molecule has 0 unspecified atom stereocenters. The standard InChI is InChI=1S/C7H8BrNO/c1-5-3-4-6(10-2)9-7(5)8/h3-4H,1-2H3. The van der Waals surface area contributed by atoms with E-state index >= 15 is 0 Å². The molecule has 0 saturated carbocycles. The Bertz CT molecular complexity index is 237. The van der Waals surface area contributed by atoms with Crippen LogP contribution < -0.4 is 4.74 Å². The summed E-state index contributed by atoms with van der Waals surface area (Å²) in [4.78, 5) is 4.09. The van der Waals surface area contributed by atoms with Crippen molar-refractivity contribution in [3.05, 3.63) is 22.3 Å². The molecule has 3 heteroatoms. The van der Waals surface area contributed by atoms with E-state index in [2.05, 4.69) is 20.9 Å². The molecule has 10 heavy (non-hydrogen) atoms. The largest absolute Gasteiger partial charge is 0.481 e. The monoisotopic (exact) mass is 201 g/mol. The van der Waals surface area contributed by atoms with Gasteiger partial charge in [-0.1, -0.05) is 6.07 Å². The molecule has 0 fully saturated rings. The number of rotatable bonds is 1. The van der Waals surface area contributed by atoms with Gasteiger partial charge in [0.15, 0.2) is 0 Å². The van der Waals surface area contributed by atoms with E-state index in [0.717, 1.165) is 10.2 Å². The quantitative estimate of drug-likeness (QED) is 0.651. The average Bonchev–Trinajstić information content (AvgIpc) is 1.95. The van der Waals surface area contributed by atoms with Gasteiger partial charge in [0.2, 0.25) is 5.88 Å². The second kappa shape index (κ2) is 3.01. The van der Waals surface area contributed by atoms with E-state index < -0.39 is 0 Å². The molecule has 0 atom stereocenters. The molecular formula is C7H8BrNO. The van der Waals surface area contributed by atoms with E-state index in [4.69, 9.17) is 4.74 Å². The number of hydrogen-bond acceptors (Lipinski definition) is 2. The Kier molecular flexibility index (Phi) is 2.27. The summed E-state index contributed by atoms with van der Waals surface area (Å²) in [7, 11) is 1.60. The van der Waals surface area contributed by atoms with E-state index in [1.807, 2.05) is 19.1 Å². The average molecular weight is 202 g/mol. The lowest BCUT2D eigenvalue weighted by molar-refractivity contribution is 0.397. The third kappa shape index (κ3) is 1.48. The lowest BCUT2D eigenvalue weighted by Crippen LogP contribution is -1.88. The van der Waals surface area contributed by atoms with Crippen molar-refractivity contribution in [3.8, 4) is 5.88 Å². The van der Waals surface area contributed by atoms with Crippen LogP contribution in [0, 0.1) is 6.92 Å². The van der Waals surface area contributed by atoms with E-state index in [0.29, 0.717) is 5.88 Å². The molecule has 0 saturated heterocycles. The van der Waals surface area contributed by atoms with Crippen molar-refractivity contribution in [2.24, 2.45) is 0 Å². The second-order valence-corrected chi connectivity index (χ2v) is 2.71. The fourth-order valence-electron chi connectivity index (χ4n) is 0.601. The first-order valence-corrected chi connectivity index (χ1v) is 3.70. The van der Waals surface area contributed by atoms with Gasteiger partial charge in [-0.25, -0.2) is 4.98 Å². The zero-order chi connectivity index (χ0) is 7.56. The summed E-state index contributed by atoms with van der Waals surface area (Å²) in [5.41, 5.74) is 1.11. The third-order valence-electron chi connectivity index (χ3n) is 1.22. The lowest BCUT2D eigenvalue weighted by Gasteiger charge is -1.99. The number of pyridine rings is 1. The predicted octanol–water partition coefficient (Wildman–Crippen LogP) is 2.16. The maximum absolute atomic E-state index is 4.91. The highest BCUT2D eigenvalue weighted by Gasteiger charge is 1.96. The summed E-state index contributed by atoms with van der Waals surface area (Å²) in [6.45, 7) is 1.98. The second-order valence-electron chi connectivity index (χ2n) is 1.96. The molecule has 0 spiro atoms. The molecule has 0 aromatic carbocycles. The van der Waals surface area contributed by atoms with E-state index in [9.17, 15) is 0 Å². The first-order valence-electron chi connectivity index (χ1n) is 2.91. The van der Waals surface area contributed by atoms with Gasteiger partial charge in [-0.05, 0) is 28.4 Å². The molecule has 0 aliphatic carbocycles. The first kappa shape index (κ1) is 7.54. The summed E-state index contributed by atoms with van der Waals surface area (Å²) in [5.74, 6) is 0.637. The number of halogens is 1. The van der Waals surface area contributed by atoms with Gasteiger partial charge in [0, 0.05) is 6.07 Å². The van der Waals surface area contributed by atoms with Crippen molar-refractivity contribution in [2.75, 3.05) is 7.11 Å². The van der Waals surface area contributed by atoms with Crippen LogP contribution in [0.5, 0.6) is 5.88 Å². The number of aryl methyl sites for hydroxylation is 1. The van der Waals surface area contributed by atoms with Crippen LogP contribution in [0.1, 0.15) is 5.56 Å². The summed E-state index contributed by atoms with van der Waals surface area (Å²) in [5, 5.41) is 0. The van der Waals surface area contributed by atoms with Crippen LogP contribution in [0.15, 0.2) is 16.7 Å². The molecule has 2 nitrogen and oxygen atoms in total. The SMILES string of the molecule is COc1ccc(C)c(Br)n1. The Balaban J connectivity index is 3.04. The van der Waals surface area contributed by atoms with Crippen molar-refractivity contribution >= 4 is 15.9 Å². The molecule has 0 aliphatic heterocycles. The van der Waals surface area contributed by atoms with Crippen LogP contribution >= 0.6 is 15.9 Å². The van der Waals surface area contributed by atoms with Gasteiger partial charge in [0.1, 0.15) is 4.60 Å². The zero-order valence-corrected chi connectivity index (χ0v) is 7.47. The van der Waals surface area contributed by atoms with E-state index in [1.54, 1.807) is 7.11 Å². The van der Waals surface area contributed by atoms with Crippen LogP contribution in [0.3, 0.4) is 0 Å². The van der Waals surface area contributed by atoms with Gasteiger partial charge < -0.3 is 4.74 Å². The van der Waals surface area contributed by atoms with E-state index in [-0.39, 0.29) is 0 Å². The minimum Gasteiger partial charge on any atom is -0.481 e. The fourth-order valence-corrected chi connectivity index (χ4v) is 0.908. The van der Waals surface area contributed by atoms with Crippen molar-refractivity contribution in [1.29, 1.82) is 0 Å². The van der Waals surface area contributed by atoms with Gasteiger partial charge in [-0.15, -0.1) is 0 Å². The Morgan fingerprint density at radius 3 is 2.70 bits per heavy atom. The third-order valence-corrected chi connectivity index (χ3v) is 2.02. The number of ether oxygens (including phenoxy) is 1. The molecule has 1 aromatic heterocycles. The summed E-state index contributed by atoms with van der Waals surface area (Å²) >= 11 is 3.30. The lowest BCUT2D eigenvalue weighted by atomic mass is 10.3. The van der Waals surface area contributed by atoms with Gasteiger partial charge in [-0.3, -0.25) is 0 Å². The highest BCUT2D eigenvalue weighted by atomic mass is 79.9. The fraction of sp³-hybridized carbons (Fsp3) is 0.286. The van der Waals surface area contributed by atoms with Crippen molar-refractivity contribution in [3.63, 3.8) is 0 Å². The summed E-state index contributed by atoms with van der Waals surface area (Å²) < 4.78 is 5.75. The smallest absolute Gasteiger partial charge is 0.214 e. The number of aromatic nitrogens is 1. The highest BCUT2D eigenvalue weighted by molar-refractivity contribution is 9.10. The topological polar surface area (TPSA) is 22.1 Å². The van der Waals surface area contributed by atoms with Crippen LogP contribution in [0.2, 0.25) is 0 Å². The van der Waals surface area contributed by atoms with Crippen LogP contribution in [-0.4, -0.2) is 12.1 Å². The molecule has 54 valence electrons. The molecule has 0 N–H and O–H groups in total. The number of methoxy groups -OCH3 is 1. The maximum atomic E-state index is 4.91. The Hall–Kier alpha value is -0.570. The van der Waals surface area contributed by atoms with Crippen LogP contribution in [-0.2, 0) is 0 Å². The molecule has 0 bridgehead atoms. The molecular weight excluding hydrogens is 194 g/mol. The zero-order valence-electron chi connectivity index (χ0n) is 5.89. The Morgan fingerprint density at radius 2 is 2.20 bits per heavy atom. The van der Waals surface area contributed by atoms with Crippen LogP contribution in [0.4, 0.5) is 0 Å². The molecule has 0 amide bonds. The molecule has 1 rings (SSSR count). The molecule has 1 heterocycles. The van der Waals surface area contributed by atoms with Gasteiger partial charge in [0.05, 0.1) is 7.11 Å². The highest BCUT2D eigenvalue weighted by Crippen LogP contribution is 2.16. The maximum Gasteiger partial charge on any atom is 0.214 e. The van der Waals surface area contributed by atoms with Crippen LogP contribution in [0.25, 0.3) is 0 Å². The van der Waals surface area contributed by atoms with Gasteiger partial charge >= 0.3 is 0 Å². The van der Waals surface area contributed by atoms with Gasteiger partial charge in [0.25, 0.3) is 0 Å². The van der Waals surface area contributed by atoms with Crippen molar-refractivity contribution in [2.45, 2.75) is 6.92 Å². The number of nitrogens with zero attached hydrogens (tertiary/aromatic N) is 1. The summed E-state index contributed by atoms with van der Waals surface area (Å²) in [6, 6.07) is 3.79. The minimum atomic E-state index is 0.637. The molecule has 0 aliphatic rings. The first-order chi connectivity index (χ1) is 4.74. The molecule has 1 aromatic rings. The van der Waals surface area contributed by atoms with E-state index in [1.165, 1.54) is 0 Å².